The molecule has 91 heavy (non-hydrogen) atoms. The number of aliphatic hydroxyl groups excluding tert-OH is 9. The number of halogens is 4. The number of rotatable bonds is 16. The lowest BCUT2D eigenvalue weighted by atomic mass is 9.87. The summed E-state index contributed by atoms with van der Waals surface area (Å²) < 4.78 is 98.3. The fraction of sp³-hybridized carbons (Fsp3) is 0.656. The number of aliphatic carboxylic acids is 2. The first-order chi connectivity index (χ1) is 42.0. The van der Waals surface area contributed by atoms with E-state index in [2.05, 4.69) is 34.7 Å². The maximum Gasteiger partial charge on any atom is 0.523 e. The Labute approximate surface area is 536 Å². The summed E-state index contributed by atoms with van der Waals surface area (Å²) in [5.41, 5.74) is -2.39. The van der Waals surface area contributed by atoms with Gasteiger partial charge in [-0.3, -0.25) is 4.18 Å². The topological polar surface area (TPSA) is 403 Å². The maximum absolute atomic E-state index is 12.5. The number of nitrogens with zero attached hydrogens (tertiary/aromatic N) is 1. The second-order valence-corrected chi connectivity index (χ2v) is 23.8. The van der Waals surface area contributed by atoms with Crippen molar-refractivity contribution in [2.24, 2.45) is 35.5 Å². The number of hydrogen-bond acceptors (Lipinski definition) is 23. The first-order valence-electron chi connectivity index (χ1n) is 29.0. The van der Waals surface area contributed by atoms with Crippen molar-refractivity contribution in [3.05, 3.63) is 108 Å². The van der Waals surface area contributed by atoms with Crippen LogP contribution in [-0.4, -0.2) is 227 Å². The maximum atomic E-state index is 12.5. The fourth-order valence-electron chi connectivity index (χ4n) is 9.41. The van der Waals surface area contributed by atoms with Crippen molar-refractivity contribution in [2.45, 2.75) is 160 Å². The number of hydrogen-bond donors (Lipinski definition) is 13. The van der Waals surface area contributed by atoms with Gasteiger partial charge in [-0.15, -0.1) is 12.4 Å². The molecule has 0 aliphatic carbocycles. The molecule has 25 nitrogen and oxygen atoms in total. The molecule has 0 aromatic heterocycles. The van der Waals surface area contributed by atoms with Crippen LogP contribution in [0.15, 0.2) is 91.0 Å². The Balaban J connectivity index is 0.000000562. The van der Waals surface area contributed by atoms with Crippen LogP contribution in [0.4, 0.5) is 13.2 Å². The van der Waals surface area contributed by atoms with Crippen molar-refractivity contribution in [2.75, 3.05) is 59.2 Å². The van der Waals surface area contributed by atoms with Crippen LogP contribution in [0, 0.1) is 46.8 Å². The van der Waals surface area contributed by atoms with E-state index < -0.39 is 82.5 Å². The van der Waals surface area contributed by atoms with Gasteiger partial charge in [0, 0.05) is 69.0 Å². The molecule has 0 spiro atoms. The number of carboxylic acid groups (broad SMARTS) is 2. The highest BCUT2D eigenvalue weighted by Crippen LogP contribution is 2.33. The van der Waals surface area contributed by atoms with Gasteiger partial charge in [-0.1, -0.05) is 119 Å². The predicted molar refractivity (Wildman–Crippen MR) is 326 cm³/mol. The minimum atomic E-state index is -5.71. The number of carbonyl (C=O) groups is 2. The van der Waals surface area contributed by atoms with Crippen LogP contribution in [0.5, 0.6) is 0 Å². The van der Waals surface area contributed by atoms with Gasteiger partial charge in [0.2, 0.25) is 0 Å². The standard InChI is InChI=1S/C15H19F3O5S.C15H19NO2.C14H20O3.2C6H13NO3.C4H6O6.CH4.ClH/c1-10-11(2)21-9-13(23-24(19,20)15(16,17)18)14(10)22-8-12-6-4-3-5-7-12;1-11-12(2)17-10-14(8-16)15(11)18-9-13-6-4-3-5-7-13;1-10-11(2)16-9-13(15)14(10)17-8-12-6-4-3-5-7-12;2*8-3-4-1-7-2-5(9)6(4)10;5-1(3(7)8)2(6)4(9)10;;/h3-7,10-11,13-14H,8-9H2,1-2H3;3-7,11-12,14-15H,9-10H2,1-2H3;3-7,10-11,13-15H,8-9H2,1-2H3;2*4-10H,1-3H2;1-2,5-6H,(H,7,8)(H,9,10);1H4;1H/t10-,11+,13+,14+;11-,12+,14-,15+;10-,11+,13+,14+;2*4-,5-,6-;1-,2-;;/m111111../s1. The van der Waals surface area contributed by atoms with Gasteiger partial charge in [0.05, 0.1) is 113 Å². The zero-order valence-electron chi connectivity index (χ0n) is 51.0. The molecular formula is C61H95ClF3N3O22S. The molecule has 30 heteroatoms. The summed E-state index contributed by atoms with van der Waals surface area (Å²) in [7, 11) is -5.71. The summed E-state index contributed by atoms with van der Waals surface area (Å²) >= 11 is 0. The average Bonchev–Trinajstić information content (AvgIpc) is 1.87. The molecule has 5 aliphatic rings. The van der Waals surface area contributed by atoms with Gasteiger partial charge < -0.3 is 95.2 Å². The van der Waals surface area contributed by atoms with E-state index in [9.17, 15) is 46.5 Å². The third kappa shape index (κ3) is 28.1. The van der Waals surface area contributed by atoms with Crippen LogP contribution in [0.2, 0.25) is 0 Å². The first kappa shape index (κ1) is 84.4. The van der Waals surface area contributed by atoms with Crippen molar-refractivity contribution in [3.63, 3.8) is 0 Å². The average molecular weight is 1350 g/mol. The summed E-state index contributed by atoms with van der Waals surface area (Å²) in [6.07, 6.45) is -10.4. The number of β-amino-alcohol motifs (C(OH)–C–C–N with tert-alkyl or cyclic N) is 2. The van der Waals surface area contributed by atoms with Crippen LogP contribution >= 0.6 is 12.4 Å². The number of ether oxygens (including phenoxy) is 6. The third-order valence-corrected chi connectivity index (χ3v) is 16.7. The van der Waals surface area contributed by atoms with Crippen molar-refractivity contribution in [1.82, 2.24) is 10.6 Å². The molecule has 20 atom stereocenters. The highest BCUT2D eigenvalue weighted by molar-refractivity contribution is 7.87. The molecule has 13 N–H and O–H groups in total. The molecule has 0 unspecified atom stereocenters. The van der Waals surface area contributed by atoms with E-state index >= 15 is 0 Å². The van der Waals surface area contributed by atoms with Crippen molar-refractivity contribution >= 4 is 34.5 Å². The van der Waals surface area contributed by atoms with Gasteiger partial charge in [0.1, 0.15) is 12.2 Å². The number of nitriles is 1. The van der Waals surface area contributed by atoms with Gasteiger partial charge in [-0.2, -0.15) is 26.9 Å². The lowest BCUT2D eigenvalue weighted by Crippen LogP contribution is -2.51. The highest BCUT2D eigenvalue weighted by Gasteiger charge is 2.51. The molecule has 0 saturated carbocycles. The second kappa shape index (κ2) is 42.7. The van der Waals surface area contributed by atoms with Crippen LogP contribution in [0.25, 0.3) is 0 Å². The van der Waals surface area contributed by atoms with Crippen LogP contribution in [0.1, 0.15) is 65.7 Å². The molecule has 520 valence electrons. The van der Waals surface area contributed by atoms with Crippen molar-refractivity contribution in [3.8, 4) is 6.07 Å². The molecule has 0 radical (unpaired) electrons. The number of carboxylic acids is 2. The number of benzene rings is 3. The number of nitrogens with one attached hydrogen (secondary N) is 2. The molecule has 8 rings (SSSR count). The van der Waals surface area contributed by atoms with Crippen molar-refractivity contribution in [1.29, 1.82) is 5.26 Å². The predicted octanol–water partition coefficient (Wildman–Crippen LogP) is 2.39. The largest absolute Gasteiger partial charge is 0.523 e. The zero-order chi connectivity index (χ0) is 66.6. The fourth-order valence-corrected chi connectivity index (χ4v) is 10.0. The third-order valence-electron chi connectivity index (χ3n) is 15.6. The van der Waals surface area contributed by atoms with E-state index in [1.165, 1.54) is 0 Å². The smallest absolute Gasteiger partial charge is 0.479 e. The summed E-state index contributed by atoms with van der Waals surface area (Å²) in [5, 5.41) is 111. The van der Waals surface area contributed by atoms with Gasteiger partial charge in [-0.25, -0.2) is 9.59 Å². The van der Waals surface area contributed by atoms with Crippen LogP contribution in [0.3, 0.4) is 0 Å². The molecule has 5 saturated heterocycles. The minimum absolute atomic E-state index is 0. The van der Waals surface area contributed by atoms with Gasteiger partial charge in [-0.05, 0) is 37.5 Å². The summed E-state index contributed by atoms with van der Waals surface area (Å²) in [6, 6.07) is 31.4. The summed E-state index contributed by atoms with van der Waals surface area (Å²) in [5.74, 6) is -4.03. The van der Waals surface area contributed by atoms with E-state index in [0.29, 0.717) is 52.6 Å². The van der Waals surface area contributed by atoms with Gasteiger partial charge in [0.25, 0.3) is 0 Å². The van der Waals surface area contributed by atoms with Crippen LogP contribution in [-0.2, 0) is 72.1 Å². The molecule has 5 aliphatic heterocycles. The molecular weight excluding hydrogens is 1250 g/mol. The van der Waals surface area contributed by atoms with Crippen molar-refractivity contribution < 1.29 is 120 Å². The SMILES string of the molecule is C.C[C@H]1[C@H](OCc2ccccc2)[C@@H](O)CO[C@H]1C.C[C@H]1[C@H](OCc2ccccc2)[C@@H](OS(=O)(=O)C(F)(F)F)CO[C@H]1C.C[C@H]1[C@H](OCc2ccccc2)[C@H](C#N)CO[C@H]1C.Cl.O=C(O)[C@H](O)[C@@H](O)C(=O)O.OC[C@H]1CNC[C@@H](O)[C@@H]1O.OC[C@H]1CNC[C@@H](O)[C@@H]1O. The second-order valence-electron chi connectivity index (χ2n) is 22.2. The Kier molecular flexibility index (Phi) is 39.6. The van der Waals surface area contributed by atoms with E-state index in [1.54, 1.807) is 38.1 Å². The Hall–Kier alpha value is -4.60. The van der Waals surface area contributed by atoms with E-state index in [0.717, 1.165) is 16.7 Å². The number of alkyl halides is 3. The summed E-state index contributed by atoms with van der Waals surface area (Å²) in [6.45, 7) is 15.3. The molecule has 0 amide bonds. The molecule has 3 aromatic rings. The Morgan fingerprint density at radius 3 is 1.27 bits per heavy atom. The Bertz CT molecular complexity index is 2570. The van der Waals surface area contributed by atoms with Gasteiger partial charge >= 0.3 is 27.6 Å². The number of aliphatic hydroxyl groups is 9. The van der Waals surface area contributed by atoms with Crippen LogP contribution < -0.4 is 10.6 Å². The monoisotopic (exact) mass is 1350 g/mol. The molecule has 3 aromatic carbocycles. The normalized spacial score (nSPS) is 31.0. The Morgan fingerprint density at radius 1 is 0.582 bits per heavy atom. The Morgan fingerprint density at radius 2 is 0.923 bits per heavy atom. The van der Waals surface area contributed by atoms with E-state index in [-0.39, 0.29) is 112 Å². The molecule has 5 heterocycles. The minimum Gasteiger partial charge on any atom is -0.479 e. The van der Waals surface area contributed by atoms with Gasteiger partial charge in [0.15, 0.2) is 12.2 Å². The summed E-state index contributed by atoms with van der Waals surface area (Å²) in [4.78, 5) is 19.5. The molecule has 5 fully saturated rings. The first-order valence-corrected chi connectivity index (χ1v) is 30.5. The zero-order valence-corrected chi connectivity index (χ0v) is 52.6. The van der Waals surface area contributed by atoms with E-state index in [4.69, 9.17) is 74.5 Å². The highest BCUT2D eigenvalue weighted by atomic mass is 35.5. The van der Waals surface area contributed by atoms with E-state index in [1.807, 2.05) is 80.6 Å². The lowest BCUT2D eigenvalue weighted by molar-refractivity contribution is -0.172. The molecule has 0 bridgehead atoms. The lowest BCUT2D eigenvalue weighted by Gasteiger charge is -2.39. The number of piperidine rings is 2. The quantitative estimate of drug-likeness (QED) is 0.0723.